The zero-order valence-electron chi connectivity index (χ0n) is 16.3. The van der Waals surface area contributed by atoms with Crippen LogP contribution in [0.4, 0.5) is 11.5 Å². The minimum absolute atomic E-state index is 0.0315. The Balaban J connectivity index is 2.31. The summed E-state index contributed by atoms with van der Waals surface area (Å²) in [7, 11) is 1.43. The molecule has 0 bridgehead atoms. The number of carbonyl (C=O) groups excluding carboxylic acids is 2. The van der Waals surface area contributed by atoms with Gasteiger partial charge in [-0.1, -0.05) is 13.3 Å². The van der Waals surface area contributed by atoms with Gasteiger partial charge in [-0.15, -0.1) is 0 Å². The van der Waals surface area contributed by atoms with Crippen LogP contribution in [-0.4, -0.2) is 58.5 Å². The van der Waals surface area contributed by atoms with Crippen LogP contribution in [0.3, 0.4) is 0 Å². The molecule has 0 saturated carbocycles. The molecule has 0 spiro atoms. The van der Waals surface area contributed by atoms with E-state index >= 15 is 0 Å². The number of nitrogens with one attached hydrogen (secondary N) is 2. The molecule has 0 aromatic carbocycles. The summed E-state index contributed by atoms with van der Waals surface area (Å²) in [6.07, 6.45) is 2.82. The third-order valence-corrected chi connectivity index (χ3v) is 4.09. The lowest BCUT2D eigenvalue weighted by Gasteiger charge is -2.24. The number of aromatic nitrogens is 4. The van der Waals surface area contributed by atoms with Gasteiger partial charge in [-0.05, 0) is 12.5 Å². The third-order valence-electron chi connectivity index (χ3n) is 4.09. The molecule has 0 saturated heterocycles. The van der Waals surface area contributed by atoms with E-state index in [1.165, 1.54) is 23.9 Å². The quantitative estimate of drug-likeness (QED) is 0.442. The third kappa shape index (κ3) is 5.31. The molecule has 0 unspecified atom stereocenters. The number of amides is 1. The second kappa shape index (κ2) is 10.2. The van der Waals surface area contributed by atoms with Crippen molar-refractivity contribution in [3.63, 3.8) is 0 Å². The number of nitrogen functional groups attached to an aromatic ring is 1. The van der Waals surface area contributed by atoms with Crippen molar-refractivity contribution in [3.8, 4) is 0 Å². The van der Waals surface area contributed by atoms with Gasteiger partial charge in [-0.3, -0.25) is 29.1 Å². The standard InChI is InChI=1S/C17H24N6O6/c1-3-4-7-23-14(18)13(15(25)20-17(23)27)22(8-9-28-2)12(24)10-29-16(26)11-5-6-19-21-11/h5-6H,3-4,7-10,18H2,1-2H3,(H,19,21)(H,20,25,27). The van der Waals surface area contributed by atoms with Crippen molar-refractivity contribution < 1.29 is 19.1 Å². The van der Waals surface area contributed by atoms with Crippen LogP contribution in [0.25, 0.3) is 0 Å². The Hall–Kier alpha value is -3.41. The average Bonchev–Trinajstić information content (AvgIpc) is 3.23. The molecule has 2 aromatic rings. The smallest absolute Gasteiger partial charge is 0.356 e. The first-order valence-electron chi connectivity index (χ1n) is 8.99. The Bertz CT molecular complexity index is 948. The molecule has 4 N–H and O–H groups in total. The fourth-order valence-corrected chi connectivity index (χ4v) is 2.57. The first-order valence-corrected chi connectivity index (χ1v) is 8.99. The van der Waals surface area contributed by atoms with Crippen molar-refractivity contribution >= 4 is 23.4 Å². The van der Waals surface area contributed by atoms with Crippen LogP contribution in [0.2, 0.25) is 0 Å². The number of carbonyl (C=O) groups is 2. The fraction of sp³-hybridized carbons (Fsp3) is 0.471. The van der Waals surface area contributed by atoms with Gasteiger partial charge in [0.1, 0.15) is 11.5 Å². The molecule has 2 rings (SSSR count). The summed E-state index contributed by atoms with van der Waals surface area (Å²) in [5.74, 6) is -1.62. The fourth-order valence-electron chi connectivity index (χ4n) is 2.57. The summed E-state index contributed by atoms with van der Waals surface area (Å²) in [5, 5.41) is 6.05. The number of hydrogen-bond acceptors (Lipinski definition) is 8. The van der Waals surface area contributed by atoms with Crippen molar-refractivity contribution in [2.24, 2.45) is 0 Å². The average molecular weight is 408 g/mol. The first-order chi connectivity index (χ1) is 13.9. The molecule has 0 radical (unpaired) electrons. The summed E-state index contributed by atoms with van der Waals surface area (Å²) in [4.78, 5) is 52.3. The maximum absolute atomic E-state index is 12.7. The van der Waals surface area contributed by atoms with E-state index in [0.29, 0.717) is 6.42 Å². The second-order valence-corrected chi connectivity index (χ2v) is 6.08. The van der Waals surface area contributed by atoms with Crippen molar-refractivity contribution in [2.75, 3.05) is 37.5 Å². The second-order valence-electron chi connectivity index (χ2n) is 6.08. The Morgan fingerprint density at radius 1 is 1.34 bits per heavy atom. The molecule has 12 nitrogen and oxygen atoms in total. The predicted molar refractivity (Wildman–Crippen MR) is 104 cm³/mol. The number of aromatic amines is 2. The van der Waals surface area contributed by atoms with Crippen LogP contribution in [0.1, 0.15) is 30.3 Å². The van der Waals surface area contributed by atoms with E-state index in [4.69, 9.17) is 15.2 Å². The van der Waals surface area contributed by atoms with Gasteiger partial charge in [0.25, 0.3) is 11.5 Å². The number of nitrogens with two attached hydrogens (primary N) is 1. The zero-order valence-corrected chi connectivity index (χ0v) is 16.3. The molecule has 29 heavy (non-hydrogen) atoms. The predicted octanol–water partition coefficient (Wildman–Crippen LogP) is -0.522. The number of H-pyrrole nitrogens is 2. The monoisotopic (exact) mass is 408 g/mol. The van der Waals surface area contributed by atoms with Gasteiger partial charge >= 0.3 is 11.7 Å². The highest BCUT2D eigenvalue weighted by Gasteiger charge is 2.25. The Morgan fingerprint density at radius 2 is 2.10 bits per heavy atom. The molecule has 12 heteroatoms. The number of esters is 1. The van der Waals surface area contributed by atoms with Gasteiger partial charge in [-0.25, -0.2) is 9.59 Å². The van der Waals surface area contributed by atoms with Crippen LogP contribution in [0.5, 0.6) is 0 Å². The molecule has 0 fully saturated rings. The Labute approximate surface area is 165 Å². The van der Waals surface area contributed by atoms with Gasteiger partial charge in [0.05, 0.1) is 6.61 Å². The molecular weight excluding hydrogens is 384 g/mol. The highest BCUT2D eigenvalue weighted by atomic mass is 16.5. The summed E-state index contributed by atoms with van der Waals surface area (Å²) >= 11 is 0. The van der Waals surface area contributed by atoms with Crippen molar-refractivity contribution in [2.45, 2.75) is 26.3 Å². The number of anilines is 2. The van der Waals surface area contributed by atoms with Crippen molar-refractivity contribution in [3.05, 3.63) is 38.8 Å². The summed E-state index contributed by atoms with van der Waals surface area (Å²) in [5.41, 5.74) is 4.47. The van der Waals surface area contributed by atoms with Gasteiger partial charge in [-0.2, -0.15) is 5.10 Å². The van der Waals surface area contributed by atoms with Gasteiger partial charge in [0, 0.05) is 26.4 Å². The lowest BCUT2D eigenvalue weighted by atomic mass is 10.3. The van der Waals surface area contributed by atoms with Crippen LogP contribution < -0.4 is 21.9 Å². The molecule has 0 aliphatic heterocycles. The van der Waals surface area contributed by atoms with Crippen LogP contribution in [-0.2, 0) is 20.8 Å². The number of hydrogen-bond donors (Lipinski definition) is 3. The lowest BCUT2D eigenvalue weighted by Crippen LogP contribution is -2.44. The van der Waals surface area contributed by atoms with Crippen LogP contribution in [0, 0.1) is 0 Å². The van der Waals surface area contributed by atoms with Crippen molar-refractivity contribution in [1.29, 1.82) is 0 Å². The maximum atomic E-state index is 12.7. The van der Waals surface area contributed by atoms with E-state index in [1.807, 2.05) is 6.92 Å². The highest BCUT2D eigenvalue weighted by molar-refractivity contribution is 5.98. The molecule has 0 atom stereocenters. The summed E-state index contributed by atoms with van der Waals surface area (Å²) < 4.78 is 11.2. The molecular formula is C17H24N6O6. The van der Waals surface area contributed by atoms with E-state index in [-0.39, 0.29) is 36.9 Å². The van der Waals surface area contributed by atoms with E-state index in [0.717, 1.165) is 11.3 Å². The normalized spacial score (nSPS) is 10.7. The number of methoxy groups -OCH3 is 1. The number of rotatable bonds is 10. The molecule has 1 amide bonds. The lowest BCUT2D eigenvalue weighted by molar-refractivity contribution is -0.121. The van der Waals surface area contributed by atoms with Crippen molar-refractivity contribution in [1.82, 2.24) is 19.7 Å². The van der Waals surface area contributed by atoms with Crippen LogP contribution >= 0.6 is 0 Å². The molecule has 158 valence electrons. The van der Waals surface area contributed by atoms with E-state index in [9.17, 15) is 19.2 Å². The SMILES string of the molecule is CCCCn1c(N)c(N(CCOC)C(=O)COC(=O)c2ccn[nH]2)c(=O)[nH]c1=O. The maximum Gasteiger partial charge on any atom is 0.356 e. The van der Waals surface area contributed by atoms with E-state index in [2.05, 4.69) is 15.2 Å². The molecule has 2 aromatic heterocycles. The van der Waals surface area contributed by atoms with Crippen LogP contribution in [0.15, 0.2) is 21.9 Å². The summed E-state index contributed by atoms with van der Waals surface area (Å²) in [6, 6.07) is 1.39. The minimum atomic E-state index is -0.815. The molecule has 0 aliphatic rings. The largest absolute Gasteiger partial charge is 0.451 e. The van der Waals surface area contributed by atoms with Gasteiger partial charge in [0.15, 0.2) is 12.3 Å². The zero-order chi connectivity index (χ0) is 21.4. The Morgan fingerprint density at radius 3 is 2.72 bits per heavy atom. The van der Waals surface area contributed by atoms with E-state index < -0.39 is 29.7 Å². The Kier molecular flexibility index (Phi) is 7.71. The number of ether oxygens (including phenoxy) is 2. The summed E-state index contributed by atoms with van der Waals surface area (Å²) in [6.45, 7) is 1.64. The van der Waals surface area contributed by atoms with Gasteiger partial charge < -0.3 is 15.2 Å². The van der Waals surface area contributed by atoms with E-state index in [1.54, 1.807) is 0 Å². The molecule has 0 aliphatic carbocycles. The first kappa shape index (κ1) is 21.9. The topological polar surface area (TPSA) is 165 Å². The minimum Gasteiger partial charge on any atom is -0.451 e. The number of unbranched alkanes of at least 4 members (excludes halogenated alkanes) is 1. The number of nitrogens with zero attached hydrogens (tertiary/aromatic N) is 3. The molecule has 2 heterocycles. The van der Waals surface area contributed by atoms with Gasteiger partial charge in [0.2, 0.25) is 0 Å². The highest BCUT2D eigenvalue weighted by Crippen LogP contribution is 2.17.